The van der Waals surface area contributed by atoms with Crippen molar-refractivity contribution >= 4 is 49.8 Å². The molecule has 0 fully saturated rings. The van der Waals surface area contributed by atoms with Crippen molar-refractivity contribution in [3.05, 3.63) is 158 Å². The van der Waals surface area contributed by atoms with Crippen LogP contribution in [-0.2, 0) is 0 Å². The highest BCUT2D eigenvalue weighted by molar-refractivity contribution is 6.18. The lowest BCUT2D eigenvalue weighted by Crippen LogP contribution is -2.17. The van der Waals surface area contributed by atoms with E-state index in [1.54, 1.807) is 0 Å². The third kappa shape index (κ3) is 3.99. The summed E-state index contributed by atoms with van der Waals surface area (Å²) in [5.74, 6) is 1.67. The van der Waals surface area contributed by atoms with Crippen LogP contribution in [0.1, 0.15) is 0 Å². The van der Waals surface area contributed by atoms with Crippen molar-refractivity contribution < 1.29 is 0 Å². The number of benzene rings is 4. The molecule has 1 aliphatic rings. The Labute approximate surface area is 276 Å². The highest BCUT2D eigenvalue weighted by Gasteiger charge is 2.29. The number of nitrogens with zero attached hydrogens (tertiary/aromatic N) is 6. The van der Waals surface area contributed by atoms with Crippen molar-refractivity contribution in [2.75, 3.05) is 4.90 Å². The van der Waals surface area contributed by atoms with Crippen molar-refractivity contribution in [3.8, 4) is 39.6 Å². The van der Waals surface area contributed by atoms with Gasteiger partial charge in [0.05, 0.1) is 39.5 Å². The van der Waals surface area contributed by atoms with Crippen LogP contribution in [0.5, 0.6) is 0 Å². The summed E-state index contributed by atoms with van der Waals surface area (Å²) in [5, 5.41) is 4.74. The number of fused-ring (bicyclic) bond motifs is 5. The molecule has 0 unspecified atom stereocenters. The Balaban J connectivity index is 1.33. The van der Waals surface area contributed by atoms with Crippen molar-refractivity contribution in [1.29, 1.82) is 0 Å². The van der Waals surface area contributed by atoms with Crippen LogP contribution in [0.2, 0.25) is 0 Å². The molecule has 0 atom stereocenters. The van der Waals surface area contributed by atoms with Crippen LogP contribution in [0.15, 0.2) is 158 Å². The highest BCUT2D eigenvalue weighted by Crippen LogP contribution is 2.53. The molecule has 6 heterocycles. The maximum atomic E-state index is 5.33. The zero-order chi connectivity index (χ0) is 31.6. The van der Waals surface area contributed by atoms with E-state index in [1.807, 2.05) is 67.1 Å². The van der Waals surface area contributed by atoms with E-state index in [0.29, 0.717) is 0 Å². The number of anilines is 3. The van der Waals surface area contributed by atoms with E-state index in [2.05, 4.69) is 105 Å². The van der Waals surface area contributed by atoms with Crippen LogP contribution < -0.4 is 4.90 Å². The summed E-state index contributed by atoms with van der Waals surface area (Å²) in [4.78, 5) is 21.8. The van der Waals surface area contributed by atoms with Gasteiger partial charge in [-0.15, -0.1) is 0 Å². The molecule has 0 amide bonds. The Kier molecular flexibility index (Phi) is 5.77. The van der Waals surface area contributed by atoms with Gasteiger partial charge in [0.15, 0.2) is 0 Å². The quantitative estimate of drug-likeness (QED) is 0.197. The fraction of sp³-hybridized carbons (Fsp3) is 0. The molecule has 9 aromatic rings. The van der Waals surface area contributed by atoms with Gasteiger partial charge in [-0.1, -0.05) is 66.7 Å². The third-order valence-electron chi connectivity index (χ3n) is 9.25. The van der Waals surface area contributed by atoms with Gasteiger partial charge in [0.25, 0.3) is 0 Å². The van der Waals surface area contributed by atoms with Gasteiger partial charge in [-0.3, -0.25) is 19.4 Å². The van der Waals surface area contributed by atoms with E-state index < -0.39 is 0 Å². The van der Waals surface area contributed by atoms with Crippen LogP contribution in [0.4, 0.5) is 17.2 Å². The van der Waals surface area contributed by atoms with Crippen LogP contribution >= 0.6 is 0 Å². The molecule has 6 nitrogen and oxygen atoms in total. The average Bonchev–Trinajstić information content (AvgIpc) is 3.48. The molecule has 0 aliphatic carbocycles. The molecule has 0 spiro atoms. The summed E-state index contributed by atoms with van der Waals surface area (Å²) >= 11 is 0. The van der Waals surface area contributed by atoms with Crippen LogP contribution in [0.25, 0.3) is 72.2 Å². The van der Waals surface area contributed by atoms with Gasteiger partial charge >= 0.3 is 0 Å². The Bertz CT molecular complexity index is 2600. The van der Waals surface area contributed by atoms with Gasteiger partial charge in [0, 0.05) is 45.9 Å². The molecule has 0 saturated heterocycles. The standard InChI is InChI=1S/C42H26N6/c1-2-17-36-29(13-1)31-25-32-30-14-9-11-27-12-10-18-37(42(27)30)48(39(32)26-38(31)47(36)40-19-5-8-22-45-40)41-24-28(33-15-3-6-20-43-33)23-35(46-41)34-16-4-7-21-44-34/h1-26H. The van der Waals surface area contributed by atoms with Crippen molar-refractivity contribution in [3.63, 3.8) is 0 Å². The molecular weight excluding hydrogens is 589 g/mol. The minimum atomic E-state index is 0.782. The lowest BCUT2D eigenvalue weighted by Gasteiger charge is -2.33. The van der Waals surface area contributed by atoms with Gasteiger partial charge in [-0.25, -0.2) is 9.97 Å². The molecule has 4 aromatic carbocycles. The zero-order valence-electron chi connectivity index (χ0n) is 25.7. The number of rotatable bonds is 4. The Morgan fingerprint density at radius 2 is 1.19 bits per heavy atom. The fourth-order valence-corrected chi connectivity index (χ4v) is 7.20. The molecule has 0 bridgehead atoms. The van der Waals surface area contributed by atoms with Gasteiger partial charge in [0.1, 0.15) is 11.6 Å². The topological polar surface area (TPSA) is 59.7 Å². The minimum absolute atomic E-state index is 0.782. The summed E-state index contributed by atoms with van der Waals surface area (Å²) in [6, 6.07) is 48.5. The van der Waals surface area contributed by atoms with Gasteiger partial charge in [-0.2, -0.15) is 0 Å². The highest BCUT2D eigenvalue weighted by atomic mass is 15.2. The summed E-state index contributed by atoms with van der Waals surface area (Å²) in [6.45, 7) is 0. The maximum absolute atomic E-state index is 5.33. The monoisotopic (exact) mass is 614 g/mol. The van der Waals surface area contributed by atoms with E-state index in [1.165, 1.54) is 27.1 Å². The number of hydrogen-bond acceptors (Lipinski definition) is 5. The number of para-hydroxylation sites is 1. The first kappa shape index (κ1) is 26.5. The second kappa shape index (κ2) is 10.4. The molecule has 48 heavy (non-hydrogen) atoms. The fourth-order valence-electron chi connectivity index (χ4n) is 7.20. The smallest absolute Gasteiger partial charge is 0.139 e. The van der Waals surface area contributed by atoms with Gasteiger partial charge in [0.2, 0.25) is 0 Å². The van der Waals surface area contributed by atoms with E-state index in [9.17, 15) is 0 Å². The van der Waals surface area contributed by atoms with Crippen molar-refractivity contribution in [2.24, 2.45) is 0 Å². The second-order valence-corrected chi connectivity index (χ2v) is 12.0. The third-order valence-corrected chi connectivity index (χ3v) is 9.25. The second-order valence-electron chi connectivity index (χ2n) is 12.0. The molecule has 0 radical (unpaired) electrons. The largest absolute Gasteiger partial charge is 0.294 e. The van der Waals surface area contributed by atoms with Gasteiger partial charge < -0.3 is 0 Å². The van der Waals surface area contributed by atoms with Crippen LogP contribution in [0, 0.1) is 0 Å². The lowest BCUT2D eigenvalue weighted by atomic mass is 9.90. The van der Waals surface area contributed by atoms with Crippen molar-refractivity contribution in [1.82, 2.24) is 24.5 Å². The number of hydrogen-bond donors (Lipinski definition) is 0. The van der Waals surface area contributed by atoms with Crippen LogP contribution in [0.3, 0.4) is 0 Å². The summed E-state index contributed by atoms with van der Waals surface area (Å²) in [5.41, 5.74) is 10.1. The first-order valence-corrected chi connectivity index (χ1v) is 16.0. The lowest BCUT2D eigenvalue weighted by molar-refractivity contribution is 1.08. The van der Waals surface area contributed by atoms with Crippen molar-refractivity contribution in [2.45, 2.75) is 0 Å². The maximum Gasteiger partial charge on any atom is 0.139 e. The molecular formula is C42H26N6. The average molecular weight is 615 g/mol. The van der Waals surface area contributed by atoms with Gasteiger partial charge in [-0.05, 0) is 83.7 Å². The normalized spacial score (nSPS) is 12.1. The van der Waals surface area contributed by atoms with E-state index in [-0.39, 0.29) is 0 Å². The number of pyridine rings is 4. The predicted molar refractivity (Wildman–Crippen MR) is 194 cm³/mol. The first-order chi connectivity index (χ1) is 23.8. The Hall–Kier alpha value is -6.66. The summed E-state index contributed by atoms with van der Waals surface area (Å²) in [7, 11) is 0. The van der Waals surface area contributed by atoms with Crippen LogP contribution in [-0.4, -0.2) is 24.5 Å². The molecule has 224 valence electrons. The van der Waals surface area contributed by atoms with E-state index in [4.69, 9.17) is 15.0 Å². The predicted octanol–water partition coefficient (Wildman–Crippen LogP) is 10.3. The van der Waals surface area contributed by atoms with E-state index >= 15 is 0 Å². The summed E-state index contributed by atoms with van der Waals surface area (Å²) < 4.78 is 2.27. The molecule has 1 aliphatic heterocycles. The number of aromatic nitrogens is 5. The first-order valence-electron chi connectivity index (χ1n) is 16.0. The Morgan fingerprint density at radius 3 is 1.98 bits per heavy atom. The zero-order valence-corrected chi connectivity index (χ0v) is 25.7. The molecule has 0 saturated carbocycles. The molecule has 0 N–H and O–H groups in total. The molecule has 5 aromatic heterocycles. The molecule has 6 heteroatoms. The SMILES string of the molecule is c1ccc(-c2cc(-c3ccccn3)nc(N3c4cc5c(cc4-c4cccc6cccc3c46)c3ccccc3n5-c3ccccn3)c2)nc1. The summed E-state index contributed by atoms with van der Waals surface area (Å²) in [6.07, 6.45) is 5.49. The van der Waals surface area contributed by atoms with E-state index in [0.717, 1.165) is 62.3 Å². The Morgan fingerprint density at radius 1 is 0.438 bits per heavy atom. The minimum Gasteiger partial charge on any atom is -0.294 e. The molecule has 10 rings (SSSR count).